The minimum absolute atomic E-state index is 0.0238. The highest BCUT2D eigenvalue weighted by Gasteiger charge is 2.26. The van der Waals surface area contributed by atoms with Gasteiger partial charge in [0.2, 0.25) is 10.0 Å². The molecule has 0 radical (unpaired) electrons. The van der Waals surface area contributed by atoms with Gasteiger partial charge in [-0.15, -0.1) is 0 Å². The summed E-state index contributed by atoms with van der Waals surface area (Å²) in [5.41, 5.74) is 5.32. The lowest BCUT2D eigenvalue weighted by Crippen LogP contribution is -2.44. The van der Waals surface area contributed by atoms with Crippen LogP contribution in [0.3, 0.4) is 0 Å². The predicted molar refractivity (Wildman–Crippen MR) is 58.1 cm³/mol. The van der Waals surface area contributed by atoms with Crippen LogP contribution in [0.25, 0.3) is 0 Å². The van der Waals surface area contributed by atoms with Gasteiger partial charge in [-0.25, -0.2) is 13.1 Å². The Morgan fingerprint density at radius 1 is 1.54 bits per heavy atom. The van der Waals surface area contributed by atoms with E-state index in [1.54, 1.807) is 20.8 Å². The highest BCUT2D eigenvalue weighted by molar-refractivity contribution is 7.93. The van der Waals surface area contributed by atoms with Crippen LogP contribution in [0.2, 0.25) is 0 Å². The molecule has 0 bridgehead atoms. The maximum Gasteiger partial charge on any atom is 0.221 e. The lowest BCUT2D eigenvalue weighted by Gasteiger charge is -2.16. The zero-order chi connectivity index (χ0) is 10.6. The number of nitrogens with two attached hydrogens (primary N) is 1. The summed E-state index contributed by atoms with van der Waals surface area (Å²) in [6.45, 7) is 5.25. The van der Waals surface area contributed by atoms with Crippen molar-refractivity contribution in [3.05, 3.63) is 0 Å². The Kier molecular flexibility index (Phi) is 4.80. The van der Waals surface area contributed by atoms with Crippen molar-refractivity contribution in [1.82, 2.24) is 4.72 Å². The monoisotopic (exact) mass is 224 g/mol. The van der Waals surface area contributed by atoms with Crippen LogP contribution < -0.4 is 10.5 Å². The standard InChI is InChI=1S/C7H16N2O2S2/c1-4-6(7(8)12)13(10,11)9-5(2)3/h5-6,9H,4H2,1-3H3,(H2,8,12). The Balaban J connectivity index is 4.69. The summed E-state index contributed by atoms with van der Waals surface area (Å²) in [5, 5.41) is -0.759. The Morgan fingerprint density at radius 3 is 2.23 bits per heavy atom. The van der Waals surface area contributed by atoms with Crippen molar-refractivity contribution < 1.29 is 8.42 Å². The molecule has 0 aliphatic rings. The fourth-order valence-electron chi connectivity index (χ4n) is 0.984. The van der Waals surface area contributed by atoms with Crippen molar-refractivity contribution in [2.24, 2.45) is 5.73 Å². The number of hydrogen-bond acceptors (Lipinski definition) is 3. The fraction of sp³-hybridized carbons (Fsp3) is 0.857. The summed E-state index contributed by atoms with van der Waals surface area (Å²) >= 11 is 4.68. The Labute approximate surface area is 84.9 Å². The third kappa shape index (κ3) is 4.02. The first-order valence-corrected chi connectivity index (χ1v) is 6.07. The van der Waals surface area contributed by atoms with E-state index in [0.717, 1.165) is 0 Å². The molecule has 1 atom stereocenters. The molecule has 0 saturated carbocycles. The average molecular weight is 224 g/mol. The van der Waals surface area contributed by atoms with Crippen molar-refractivity contribution in [2.45, 2.75) is 38.5 Å². The number of sulfonamides is 1. The van der Waals surface area contributed by atoms with E-state index in [1.165, 1.54) is 0 Å². The van der Waals surface area contributed by atoms with Crippen molar-refractivity contribution in [3.8, 4) is 0 Å². The number of rotatable bonds is 5. The molecule has 6 heteroatoms. The molecular formula is C7H16N2O2S2. The number of nitrogens with one attached hydrogen (secondary N) is 1. The summed E-state index contributed by atoms with van der Waals surface area (Å²) < 4.78 is 25.5. The van der Waals surface area contributed by atoms with Crippen molar-refractivity contribution in [3.63, 3.8) is 0 Å². The predicted octanol–water partition coefficient (Wildman–Crippen LogP) is 0.379. The molecule has 0 amide bonds. The minimum Gasteiger partial charge on any atom is -0.392 e. The van der Waals surface area contributed by atoms with Crippen LogP contribution in [-0.4, -0.2) is 24.7 Å². The zero-order valence-electron chi connectivity index (χ0n) is 8.07. The van der Waals surface area contributed by atoms with Crippen LogP contribution in [-0.2, 0) is 10.0 Å². The van der Waals surface area contributed by atoms with Crippen molar-refractivity contribution in [1.29, 1.82) is 0 Å². The molecule has 1 unspecified atom stereocenters. The molecule has 4 nitrogen and oxygen atoms in total. The summed E-state index contributed by atoms with van der Waals surface area (Å²) in [5.74, 6) is 0. The summed E-state index contributed by atoms with van der Waals surface area (Å²) in [4.78, 5) is 0.0238. The van der Waals surface area contributed by atoms with Gasteiger partial charge in [0.05, 0.1) is 4.99 Å². The lowest BCUT2D eigenvalue weighted by atomic mass is 10.3. The first-order chi connectivity index (χ1) is 5.81. The zero-order valence-corrected chi connectivity index (χ0v) is 9.71. The Hall–Kier alpha value is -0.200. The molecule has 0 aliphatic carbocycles. The summed E-state index contributed by atoms with van der Waals surface area (Å²) in [6.07, 6.45) is 0.400. The van der Waals surface area contributed by atoms with E-state index in [-0.39, 0.29) is 11.0 Å². The van der Waals surface area contributed by atoms with Crippen LogP contribution >= 0.6 is 12.2 Å². The molecule has 0 rings (SSSR count). The van der Waals surface area contributed by atoms with Gasteiger partial charge >= 0.3 is 0 Å². The van der Waals surface area contributed by atoms with Gasteiger partial charge in [0, 0.05) is 6.04 Å². The summed E-state index contributed by atoms with van der Waals surface area (Å²) in [6, 6.07) is -0.131. The molecule has 3 N–H and O–H groups in total. The van der Waals surface area contributed by atoms with Gasteiger partial charge in [0.1, 0.15) is 5.25 Å². The maximum atomic E-state index is 11.5. The van der Waals surface area contributed by atoms with Gasteiger partial charge in [-0.05, 0) is 20.3 Å². The lowest BCUT2D eigenvalue weighted by molar-refractivity contribution is 0.563. The number of thiocarbonyl (C=S) groups is 1. The molecule has 0 aromatic rings. The topological polar surface area (TPSA) is 72.2 Å². The molecule has 0 saturated heterocycles. The van der Waals surface area contributed by atoms with Gasteiger partial charge in [0.15, 0.2) is 0 Å². The summed E-state index contributed by atoms with van der Waals surface area (Å²) in [7, 11) is -3.39. The van der Waals surface area contributed by atoms with Crippen LogP contribution in [0.1, 0.15) is 27.2 Å². The van der Waals surface area contributed by atoms with Crippen LogP contribution in [0.5, 0.6) is 0 Å². The van der Waals surface area contributed by atoms with Gasteiger partial charge < -0.3 is 5.73 Å². The molecule has 0 aliphatic heterocycles. The molecule has 0 heterocycles. The highest BCUT2D eigenvalue weighted by Crippen LogP contribution is 2.05. The highest BCUT2D eigenvalue weighted by atomic mass is 32.2. The third-order valence-electron chi connectivity index (χ3n) is 1.46. The van der Waals surface area contributed by atoms with Gasteiger partial charge in [-0.3, -0.25) is 0 Å². The molecule has 78 valence electrons. The number of hydrogen-bond donors (Lipinski definition) is 2. The molecule has 13 heavy (non-hydrogen) atoms. The molecule has 0 fully saturated rings. The van der Waals surface area contributed by atoms with E-state index in [1.807, 2.05) is 0 Å². The van der Waals surface area contributed by atoms with Gasteiger partial charge in [-0.2, -0.15) is 0 Å². The van der Waals surface area contributed by atoms with Crippen molar-refractivity contribution in [2.75, 3.05) is 0 Å². The maximum absolute atomic E-state index is 11.5. The van der Waals surface area contributed by atoms with E-state index in [9.17, 15) is 8.42 Å². The smallest absolute Gasteiger partial charge is 0.221 e. The largest absolute Gasteiger partial charge is 0.392 e. The quantitative estimate of drug-likeness (QED) is 0.662. The van der Waals surface area contributed by atoms with Crippen molar-refractivity contribution >= 4 is 27.2 Å². The normalized spacial score (nSPS) is 14.5. The van der Waals surface area contributed by atoms with E-state index in [4.69, 9.17) is 5.73 Å². The Bertz CT molecular complexity index is 272. The van der Waals surface area contributed by atoms with Gasteiger partial charge in [-0.1, -0.05) is 19.1 Å². The third-order valence-corrected chi connectivity index (χ3v) is 4.03. The van der Waals surface area contributed by atoms with E-state index >= 15 is 0 Å². The second-order valence-electron chi connectivity index (χ2n) is 3.12. The van der Waals surface area contributed by atoms with E-state index in [0.29, 0.717) is 6.42 Å². The SMILES string of the molecule is CCC(C(N)=S)S(=O)(=O)NC(C)C. The molecular weight excluding hydrogens is 208 g/mol. The Morgan fingerprint density at radius 2 is 2.00 bits per heavy atom. The first-order valence-electron chi connectivity index (χ1n) is 4.11. The van der Waals surface area contributed by atoms with Gasteiger partial charge in [0.25, 0.3) is 0 Å². The molecule has 0 aromatic carbocycles. The molecule has 0 aromatic heterocycles. The second-order valence-corrected chi connectivity index (χ2v) is 5.48. The van der Waals surface area contributed by atoms with E-state index in [2.05, 4.69) is 16.9 Å². The van der Waals surface area contributed by atoms with E-state index < -0.39 is 15.3 Å². The molecule has 0 spiro atoms. The van der Waals surface area contributed by atoms with Crippen LogP contribution in [0.15, 0.2) is 0 Å². The van der Waals surface area contributed by atoms with Crippen LogP contribution in [0.4, 0.5) is 0 Å². The average Bonchev–Trinajstić information content (AvgIpc) is 1.82. The van der Waals surface area contributed by atoms with Crippen LogP contribution in [0, 0.1) is 0 Å². The fourth-order valence-corrected chi connectivity index (χ4v) is 3.10. The second kappa shape index (κ2) is 4.88. The first kappa shape index (κ1) is 12.8. The minimum atomic E-state index is -3.39.